The molecule has 0 aromatic heterocycles. The Labute approximate surface area is 207 Å². The molecule has 9 heteroatoms. The smallest absolute Gasteiger partial charge is 0.343 e. The molecular formula is C27H24O9. The van der Waals surface area contributed by atoms with Gasteiger partial charge in [-0.25, -0.2) is 4.79 Å². The summed E-state index contributed by atoms with van der Waals surface area (Å²) in [5, 5.41) is 0. The molecule has 1 aliphatic rings. The maximum atomic E-state index is 12.9. The lowest BCUT2D eigenvalue weighted by molar-refractivity contribution is 0.0733. The van der Waals surface area contributed by atoms with E-state index in [1.54, 1.807) is 30.3 Å². The molecule has 0 aliphatic carbocycles. The number of ketones is 1. The number of fused-ring (bicyclic) bond motifs is 1. The average Bonchev–Trinajstić information content (AvgIpc) is 3.21. The summed E-state index contributed by atoms with van der Waals surface area (Å²) < 4.78 is 37.8. The van der Waals surface area contributed by atoms with E-state index in [-0.39, 0.29) is 28.6 Å². The Kier molecular flexibility index (Phi) is 7.00. The topological polar surface area (TPSA) is 98.8 Å². The number of Topliss-reactive ketones (excluding diaryl/α,β-unsaturated/α-hetero) is 1. The fourth-order valence-corrected chi connectivity index (χ4v) is 3.66. The third-order valence-corrected chi connectivity index (χ3v) is 5.42. The second kappa shape index (κ2) is 10.3. The number of hydrogen-bond acceptors (Lipinski definition) is 9. The molecule has 0 saturated heterocycles. The van der Waals surface area contributed by atoms with Gasteiger partial charge < -0.3 is 33.2 Å². The van der Waals surface area contributed by atoms with Crippen molar-refractivity contribution in [3.8, 4) is 40.2 Å². The van der Waals surface area contributed by atoms with Crippen LogP contribution in [0.25, 0.3) is 6.08 Å². The number of carbonyl (C=O) groups is 2. The third-order valence-electron chi connectivity index (χ3n) is 5.42. The zero-order valence-corrected chi connectivity index (χ0v) is 20.4. The van der Waals surface area contributed by atoms with Gasteiger partial charge in [0.2, 0.25) is 11.5 Å². The molecule has 0 amide bonds. The molecule has 0 saturated carbocycles. The number of allylic oxidation sites excluding steroid dienone is 1. The van der Waals surface area contributed by atoms with Gasteiger partial charge >= 0.3 is 5.97 Å². The van der Waals surface area contributed by atoms with Crippen molar-refractivity contribution in [2.75, 3.05) is 35.5 Å². The van der Waals surface area contributed by atoms with Gasteiger partial charge in [-0.2, -0.15) is 0 Å². The van der Waals surface area contributed by atoms with Crippen molar-refractivity contribution in [3.05, 3.63) is 71.0 Å². The molecule has 4 rings (SSSR count). The Balaban J connectivity index is 1.58. The minimum absolute atomic E-state index is 0.0975. The van der Waals surface area contributed by atoms with Crippen LogP contribution in [0.3, 0.4) is 0 Å². The summed E-state index contributed by atoms with van der Waals surface area (Å²) in [7, 11) is 7.50. The van der Waals surface area contributed by atoms with Crippen LogP contribution in [0, 0.1) is 0 Å². The highest BCUT2D eigenvalue weighted by Crippen LogP contribution is 2.40. The van der Waals surface area contributed by atoms with E-state index in [9.17, 15) is 9.59 Å². The molecule has 0 bridgehead atoms. The Morgan fingerprint density at radius 1 is 0.750 bits per heavy atom. The summed E-state index contributed by atoms with van der Waals surface area (Å²) in [6, 6.07) is 12.7. The van der Waals surface area contributed by atoms with Crippen LogP contribution in [0.5, 0.6) is 40.2 Å². The number of hydrogen-bond donors (Lipinski definition) is 0. The van der Waals surface area contributed by atoms with Gasteiger partial charge in [0.15, 0.2) is 17.3 Å². The molecular weight excluding hydrogens is 468 g/mol. The van der Waals surface area contributed by atoms with E-state index in [1.807, 2.05) is 0 Å². The number of benzene rings is 3. The van der Waals surface area contributed by atoms with Crippen LogP contribution in [0.4, 0.5) is 0 Å². The lowest BCUT2D eigenvalue weighted by Gasteiger charge is -2.13. The van der Waals surface area contributed by atoms with E-state index in [2.05, 4.69) is 0 Å². The van der Waals surface area contributed by atoms with E-state index in [1.165, 1.54) is 59.8 Å². The van der Waals surface area contributed by atoms with Crippen LogP contribution in [0.2, 0.25) is 0 Å². The van der Waals surface area contributed by atoms with Crippen molar-refractivity contribution in [1.29, 1.82) is 0 Å². The predicted molar refractivity (Wildman–Crippen MR) is 130 cm³/mol. The fourth-order valence-electron chi connectivity index (χ4n) is 3.66. The highest BCUT2D eigenvalue weighted by atomic mass is 16.5. The van der Waals surface area contributed by atoms with Gasteiger partial charge in [0.25, 0.3) is 0 Å². The summed E-state index contributed by atoms with van der Waals surface area (Å²) in [5.41, 5.74) is 1.20. The van der Waals surface area contributed by atoms with Gasteiger partial charge in [0.1, 0.15) is 23.0 Å². The first-order valence-electron chi connectivity index (χ1n) is 10.7. The first kappa shape index (κ1) is 24.5. The van der Waals surface area contributed by atoms with Crippen LogP contribution < -0.4 is 33.2 Å². The maximum absolute atomic E-state index is 12.9. The highest BCUT2D eigenvalue weighted by molar-refractivity contribution is 6.14. The normalized spacial score (nSPS) is 13.0. The SMILES string of the molecule is COc1cc(OC)cc(C(=O)Oc2ccc3c(c2)O/C(=C\c2cc(OC)c(OC)c(OC)c2)C3=O)c1. The van der Waals surface area contributed by atoms with Crippen molar-refractivity contribution in [3.63, 3.8) is 0 Å². The van der Waals surface area contributed by atoms with Gasteiger partial charge in [0, 0.05) is 12.1 Å². The number of esters is 1. The standard InChI is InChI=1S/C27H24O9/c1-30-18-11-16(12-19(13-18)31-2)27(29)35-17-6-7-20-21(14-17)36-22(25(20)28)8-15-9-23(32-3)26(34-5)24(10-15)33-4/h6-14H,1-5H3/b22-8-. The number of carbonyl (C=O) groups excluding carboxylic acids is 2. The summed E-state index contributed by atoms with van der Waals surface area (Å²) in [4.78, 5) is 25.6. The Morgan fingerprint density at radius 2 is 1.39 bits per heavy atom. The molecule has 1 aliphatic heterocycles. The molecule has 1 heterocycles. The molecule has 186 valence electrons. The van der Waals surface area contributed by atoms with Gasteiger partial charge in [-0.1, -0.05) is 0 Å². The quantitative estimate of drug-likeness (QED) is 0.254. The molecule has 0 spiro atoms. The molecule has 0 radical (unpaired) electrons. The van der Waals surface area contributed by atoms with Gasteiger partial charge in [-0.15, -0.1) is 0 Å². The van der Waals surface area contributed by atoms with E-state index in [4.69, 9.17) is 33.2 Å². The molecule has 3 aromatic carbocycles. The second-order valence-corrected chi connectivity index (χ2v) is 7.55. The van der Waals surface area contributed by atoms with Gasteiger partial charge in [-0.3, -0.25) is 4.79 Å². The van der Waals surface area contributed by atoms with Crippen molar-refractivity contribution in [1.82, 2.24) is 0 Å². The maximum Gasteiger partial charge on any atom is 0.343 e. The summed E-state index contributed by atoms with van der Waals surface area (Å²) in [6.07, 6.45) is 1.57. The Hall–Kier alpha value is -4.66. The van der Waals surface area contributed by atoms with Crippen LogP contribution in [-0.4, -0.2) is 47.3 Å². The zero-order valence-electron chi connectivity index (χ0n) is 20.4. The fraction of sp³-hybridized carbons (Fsp3) is 0.185. The second-order valence-electron chi connectivity index (χ2n) is 7.55. The van der Waals surface area contributed by atoms with Crippen molar-refractivity contribution in [2.45, 2.75) is 0 Å². The van der Waals surface area contributed by atoms with Crippen LogP contribution >= 0.6 is 0 Å². The largest absolute Gasteiger partial charge is 0.497 e. The Morgan fingerprint density at radius 3 is 1.94 bits per heavy atom. The molecule has 0 N–H and O–H groups in total. The molecule has 0 fully saturated rings. The number of rotatable bonds is 8. The summed E-state index contributed by atoms with van der Waals surface area (Å²) in [6.45, 7) is 0. The third kappa shape index (κ3) is 4.76. The lowest BCUT2D eigenvalue weighted by atomic mass is 10.1. The molecule has 36 heavy (non-hydrogen) atoms. The lowest BCUT2D eigenvalue weighted by Crippen LogP contribution is -2.09. The first-order valence-corrected chi connectivity index (χ1v) is 10.7. The predicted octanol–water partition coefficient (Wildman–Crippen LogP) is 4.57. The van der Waals surface area contributed by atoms with Gasteiger partial charge in [0.05, 0.1) is 46.7 Å². The molecule has 9 nitrogen and oxygen atoms in total. The van der Waals surface area contributed by atoms with Crippen LogP contribution in [0.1, 0.15) is 26.3 Å². The summed E-state index contributed by atoms with van der Waals surface area (Å²) in [5.74, 6) is 1.86. The zero-order chi connectivity index (χ0) is 25.8. The molecule has 0 atom stereocenters. The van der Waals surface area contributed by atoms with Crippen molar-refractivity contribution < 1.29 is 42.7 Å². The summed E-state index contributed by atoms with van der Waals surface area (Å²) >= 11 is 0. The van der Waals surface area contributed by atoms with Crippen molar-refractivity contribution in [2.24, 2.45) is 0 Å². The van der Waals surface area contributed by atoms with E-state index in [0.29, 0.717) is 39.9 Å². The minimum Gasteiger partial charge on any atom is -0.497 e. The van der Waals surface area contributed by atoms with E-state index in [0.717, 1.165) is 0 Å². The van der Waals surface area contributed by atoms with E-state index < -0.39 is 5.97 Å². The van der Waals surface area contributed by atoms with Crippen LogP contribution in [-0.2, 0) is 0 Å². The average molecular weight is 492 g/mol. The van der Waals surface area contributed by atoms with Crippen molar-refractivity contribution >= 4 is 17.8 Å². The van der Waals surface area contributed by atoms with Crippen LogP contribution in [0.15, 0.2) is 54.3 Å². The minimum atomic E-state index is -0.621. The molecule has 0 unspecified atom stereocenters. The van der Waals surface area contributed by atoms with Gasteiger partial charge in [-0.05, 0) is 48.0 Å². The monoisotopic (exact) mass is 492 g/mol. The Bertz CT molecular complexity index is 1310. The highest BCUT2D eigenvalue weighted by Gasteiger charge is 2.28. The number of methoxy groups -OCH3 is 5. The molecule has 3 aromatic rings. The first-order chi connectivity index (χ1) is 17.4. The number of ether oxygens (including phenoxy) is 7. The van der Waals surface area contributed by atoms with E-state index >= 15 is 0 Å².